The summed E-state index contributed by atoms with van der Waals surface area (Å²) in [5.74, 6) is 1.24. The van der Waals surface area contributed by atoms with Crippen molar-refractivity contribution in [2.24, 2.45) is 0 Å². The molecular formula is C34H45N4O8S+. The van der Waals surface area contributed by atoms with E-state index in [0.717, 1.165) is 41.5 Å². The largest absolute Gasteiger partial charge is 0.508 e. The first-order valence-corrected chi connectivity index (χ1v) is 17.0. The third-order valence-corrected chi connectivity index (χ3v) is 9.75. The van der Waals surface area contributed by atoms with Gasteiger partial charge in [-0.3, -0.25) is 4.79 Å². The molecule has 3 amide bonds. The molecular weight excluding hydrogens is 624 g/mol. The number of rotatable bonds is 13. The smallest absolute Gasteiger partial charge is 0.319 e. The molecule has 0 spiro atoms. The predicted octanol–water partition coefficient (Wildman–Crippen LogP) is 4.18. The maximum atomic E-state index is 13.7. The van der Waals surface area contributed by atoms with Gasteiger partial charge in [-0.2, -0.15) is 8.42 Å². The first-order valence-electron chi connectivity index (χ1n) is 15.5. The van der Waals surface area contributed by atoms with E-state index in [1.165, 1.54) is 50.2 Å². The highest BCUT2D eigenvalue weighted by Crippen LogP contribution is 2.30. The number of quaternary nitrogens is 1. The number of nitrogens with one attached hydrogen (secondary N) is 3. The molecule has 3 atom stereocenters. The second kappa shape index (κ2) is 15.4. The van der Waals surface area contributed by atoms with E-state index in [1.807, 2.05) is 18.2 Å². The van der Waals surface area contributed by atoms with Crippen LogP contribution in [-0.2, 0) is 27.9 Å². The summed E-state index contributed by atoms with van der Waals surface area (Å²) in [4.78, 5) is 26.8. The molecule has 1 fully saturated rings. The Hall–Kier alpha value is -4.49. The summed E-state index contributed by atoms with van der Waals surface area (Å²) in [6.45, 7) is 5.45. The molecule has 0 bridgehead atoms. The lowest BCUT2D eigenvalue weighted by molar-refractivity contribution is -0.927. The molecule has 1 aliphatic heterocycles. The number of carbonyl (C=O) groups is 2. The normalized spacial score (nSPS) is 18.6. The van der Waals surface area contributed by atoms with Gasteiger partial charge in [-0.05, 0) is 86.8 Å². The van der Waals surface area contributed by atoms with Crippen molar-refractivity contribution in [3.05, 3.63) is 77.9 Å². The van der Waals surface area contributed by atoms with Crippen LogP contribution in [0.2, 0.25) is 0 Å². The van der Waals surface area contributed by atoms with Crippen LogP contribution in [0.25, 0.3) is 0 Å². The molecule has 0 radical (unpaired) electrons. The van der Waals surface area contributed by atoms with Crippen molar-refractivity contribution in [3.63, 3.8) is 0 Å². The predicted molar refractivity (Wildman–Crippen MR) is 179 cm³/mol. The van der Waals surface area contributed by atoms with E-state index < -0.39 is 27.4 Å². The van der Waals surface area contributed by atoms with Crippen molar-refractivity contribution < 1.29 is 41.3 Å². The Morgan fingerprint density at radius 2 is 1.62 bits per heavy atom. The Morgan fingerprint density at radius 1 is 0.957 bits per heavy atom. The van der Waals surface area contributed by atoms with E-state index >= 15 is 0 Å². The van der Waals surface area contributed by atoms with Crippen LogP contribution in [0, 0.1) is 0 Å². The molecule has 3 aromatic rings. The van der Waals surface area contributed by atoms with E-state index in [4.69, 9.17) is 13.7 Å². The number of benzene rings is 3. The molecule has 47 heavy (non-hydrogen) atoms. The SMILES string of the molecule is COc1ccc(C[N+]2(C)CCC[C@H](NC(=O)[C@H](Cc3ccc(O)cc3)NC(=O)Nc3ccc(OS(=O)(=O)C(C)C)cc3)C2)cc1OC. The van der Waals surface area contributed by atoms with E-state index in [1.54, 1.807) is 26.4 Å². The third kappa shape index (κ3) is 10.00. The number of nitrogens with zero attached hydrogens (tertiary/aromatic N) is 1. The van der Waals surface area contributed by atoms with Crippen molar-refractivity contribution >= 4 is 27.7 Å². The fraction of sp³-hybridized carbons (Fsp3) is 0.412. The molecule has 4 rings (SSSR count). The average molecular weight is 670 g/mol. The molecule has 3 aromatic carbocycles. The lowest BCUT2D eigenvalue weighted by Crippen LogP contribution is -2.59. The Morgan fingerprint density at radius 3 is 2.26 bits per heavy atom. The lowest BCUT2D eigenvalue weighted by atomic mass is 10.00. The fourth-order valence-electron chi connectivity index (χ4n) is 5.64. The van der Waals surface area contributed by atoms with E-state index in [9.17, 15) is 23.1 Å². The number of aromatic hydroxyl groups is 1. The van der Waals surface area contributed by atoms with Gasteiger partial charge in [0.25, 0.3) is 0 Å². The minimum absolute atomic E-state index is 0.0998. The number of carbonyl (C=O) groups excluding carboxylic acids is 2. The zero-order chi connectivity index (χ0) is 34.2. The first-order chi connectivity index (χ1) is 22.3. The number of phenolic OH excluding ortho intramolecular Hbond substituents is 1. The number of hydrogen-bond acceptors (Lipinski definition) is 8. The monoisotopic (exact) mass is 669 g/mol. The Balaban J connectivity index is 1.42. The number of hydrogen-bond donors (Lipinski definition) is 4. The molecule has 4 N–H and O–H groups in total. The fourth-order valence-corrected chi connectivity index (χ4v) is 6.22. The van der Waals surface area contributed by atoms with Crippen LogP contribution in [0.3, 0.4) is 0 Å². The van der Waals surface area contributed by atoms with Crippen molar-refractivity contribution in [2.45, 2.75) is 57.0 Å². The average Bonchev–Trinajstić information content (AvgIpc) is 3.02. The minimum Gasteiger partial charge on any atom is -0.508 e. The van der Waals surface area contributed by atoms with Crippen molar-refractivity contribution in [1.29, 1.82) is 0 Å². The lowest BCUT2D eigenvalue weighted by Gasteiger charge is -2.42. The molecule has 1 heterocycles. The molecule has 0 saturated carbocycles. The summed E-state index contributed by atoms with van der Waals surface area (Å²) in [6.07, 6.45) is 1.93. The topological polar surface area (TPSA) is 152 Å². The van der Waals surface area contributed by atoms with E-state index in [0.29, 0.717) is 23.7 Å². The number of piperidine rings is 1. The zero-order valence-corrected chi connectivity index (χ0v) is 28.3. The second-order valence-electron chi connectivity index (χ2n) is 12.4. The summed E-state index contributed by atoms with van der Waals surface area (Å²) in [6, 6.07) is 16.7. The number of anilines is 1. The number of likely N-dealkylation sites (N-methyl/N-ethyl adjacent to an activating group) is 1. The summed E-state index contributed by atoms with van der Waals surface area (Å²) in [5.41, 5.74) is 2.24. The van der Waals surface area contributed by atoms with Crippen LogP contribution < -0.4 is 29.6 Å². The maximum Gasteiger partial charge on any atom is 0.319 e. The summed E-state index contributed by atoms with van der Waals surface area (Å²) in [5, 5.41) is 17.7. The van der Waals surface area contributed by atoms with Crippen LogP contribution in [0.15, 0.2) is 66.7 Å². The quantitative estimate of drug-likeness (QED) is 0.156. The molecule has 12 nitrogen and oxygen atoms in total. The van der Waals surface area contributed by atoms with Gasteiger partial charge in [0.05, 0.1) is 45.6 Å². The van der Waals surface area contributed by atoms with Gasteiger partial charge in [-0.25, -0.2) is 4.79 Å². The highest BCUT2D eigenvalue weighted by Gasteiger charge is 2.34. The number of amides is 3. The van der Waals surface area contributed by atoms with Gasteiger partial charge in [0.15, 0.2) is 11.5 Å². The van der Waals surface area contributed by atoms with Gasteiger partial charge in [0.2, 0.25) is 5.91 Å². The summed E-state index contributed by atoms with van der Waals surface area (Å²) in [7, 11) is 1.63. The summed E-state index contributed by atoms with van der Waals surface area (Å²) >= 11 is 0. The number of urea groups is 1. The van der Waals surface area contributed by atoms with Crippen molar-refractivity contribution in [3.8, 4) is 23.0 Å². The Kier molecular flexibility index (Phi) is 11.6. The number of likely N-dealkylation sites (tertiary alicyclic amines) is 1. The van der Waals surface area contributed by atoms with Gasteiger partial charge in [0.1, 0.15) is 24.1 Å². The van der Waals surface area contributed by atoms with Gasteiger partial charge >= 0.3 is 16.1 Å². The molecule has 0 aliphatic carbocycles. The van der Waals surface area contributed by atoms with Gasteiger partial charge in [0, 0.05) is 17.7 Å². The molecule has 1 saturated heterocycles. The summed E-state index contributed by atoms with van der Waals surface area (Å²) < 4.78 is 40.8. The highest BCUT2D eigenvalue weighted by molar-refractivity contribution is 7.87. The van der Waals surface area contributed by atoms with Crippen LogP contribution in [-0.4, -0.2) is 81.6 Å². The van der Waals surface area contributed by atoms with E-state index in [-0.39, 0.29) is 29.9 Å². The van der Waals surface area contributed by atoms with Gasteiger partial charge < -0.3 is 39.2 Å². The van der Waals surface area contributed by atoms with Crippen LogP contribution in [0.5, 0.6) is 23.0 Å². The Bertz CT molecular complexity index is 1630. The number of methoxy groups -OCH3 is 2. The molecule has 0 aromatic heterocycles. The second-order valence-corrected chi connectivity index (χ2v) is 14.5. The molecule has 1 unspecified atom stereocenters. The standard InChI is InChI=1S/C34H44N4O8S/c1-23(2)47(42,43)46-29-15-11-26(12-16-29)36-34(41)37-30(19-24-8-13-28(39)14-9-24)33(40)35-27-7-6-18-38(3,22-27)21-25-10-17-31(44-4)32(20-25)45-5/h8-17,20,23,27,30H,6-7,18-19,21-22H2,1-5H3,(H3-,35,36,37,39,40,41)/p+1/t27-,30-,38?/m0/s1. The van der Waals surface area contributed by atoms with Gasteiger partial charge in [-0.1, -0.05) is 12.1 Å². The van der Waals surface area contributed by atoms with E-state index in [2.05, 4.69) is 23.0 Å². The maximum absolute atomic E-state index is 13.7. The van der Waals surface area contributed by atoms with Crippen molar-refractivity contribution in [2.75, 3.05) is 39.7 Å². The molecule has 13 heteroatoms. The molecule has 254 valence electrons. The van der Waals surface area contributed by atoms with Crippen LogP contribution in [0.1, 0.15) is 37.8 Å². The number of ether oxygens (including phenoxy) is 2. The van der Waals surface area contributed by atoms with Crippen molar-refractivity contribution in [1.82, 2.24) is 10.6 Å². The zero-order valence-electron chi connectivity index (χ0n) is 27.5. The van der Waals surface area contributed by atoms with Crippen LogP contribution in [0.4, 0.5) is 10.5 Å². The third-order valence-electron chi connectivity index (χ3n) is 8.17. The first kappa shape index (κ1) is 35.4. The molecule has 1 aliphatic rings. The number of phenols is 1. The minimum atomic E-state index is -3.76. The Labute approximate surface area is 276 Å². The van der Waals surface area contributed by atoms with Crippen LogP contribution >= 0.6 is 0 Å². The highest BCUT2D eigenvalue weighted by atomic mass is 32.2. The van der Waals surface area contributed by atoms with Gasteiger partial charge in [-0.15, -0.1) is 0 Å².